The van der Waals surface area contributed by atoms with Crippen molar-refractivity contribution >= 4 is 11.4 Å². The van der Waals surface area contributed by atoms with Crippen LogP contribution in [0, 0.1) is 16.7 Å². The number of nitrogens with zero attached hydrogens (tertiary/aromatic N) is 1. The van der Waals surface area contributed by atoms with Gasteiger partial charge in [-0.15, -0.1) is 0 Å². The number of nitriles is 1. The van der Waals surface area contributed by atoms with Crippen LogP contribution in [0.1, 0.15) is 25.8 Å². The van der Waals surface area contributed by atoms with Crippen molar-refractivity contribution in [3.63, 3.8) is 0 Å². The Hall–Kier alpha value is -1.73. The van der Waals surface area contributed by atoms with Crippen molar-refractivity contribution < 1.29 is 4.74 Å². The van der Waals surface area contributed by atoms with Gasteiger partial charge in [-0.3, -0.25) is 0 Å². The molecule has 0 spiro atoms. The maximum Gasteiger partial charge on any atom is 0.101 e. The Balaban J connectivity index is 2.61. The van der Waals surface area contributed by atoms with Crippen LogP contribution in [-0.4, -0.2) is 20.3 Å². The van der Waals surface area contributed by atoms with Gasteiger partial charge in [-0.25, -0.2) is 0 Å². The topological polar surface area (TPSA) is 71.1 Å². The molecule has 0 aliphatic rings. The van der Waals surface area contributed by atoms with E-state index in [0.29, 0.717) is 11.3 Å². The van der Waals surface area contributed by atoms with Gasteiger partial charge in [-0.1, -0.05) is 13.8 Å². The number of nitrogens with one attached hydrogen (secondary N) is 1. The van der Waals surface area contributed by atoms with E-state index in [4.69, 9.17) is 15.7 Å². The third kappa shape index (κ3) is 4.27. The first-order valence-electron chi connectivity index (χ1n) is 6.01. The summed E-state index contributed by atoms with van der Waals surface area (Å²) in [5.74, 6) is 0. The molecule has 0 aliphatic heterocycles. The molecule has 18 heavy (non-hydrogen) atoms. The van der Waals surface area contributed by atoms with Crippen LogP contribution in [0.2, 0.25) is 0 Å². The van der Waals surface area contributed by atoms with Crippen molar-refractivity contribution in [1.29, 1.82) is 5.26 Å². The van der Waals surface area contributed by atoms with Gasteiger partial charge in [0, 0.05) is 31.6 Å². The zero-order chi connectivity index (χ0) is 13.6. The molecular weight excluding hydrogens is 226 g/mol. The Kier molecular flexibility index (Phi) is 4.99. The fraction of sp³-hybridized carbons (Fsp3) is 0.500. The van der Waals surface area contributed by atoms with E-state index < -0.39 is 0 Å². The van der Waals surface area contributed by atoms with Gasteiger partial charge in [-0.2, -0.15) is 5.26 Å². The number of ether oxygens (including phenoxy) is 1. The highest BCUT2D eigenvalue weighted by atomic mass is 16.5. The predicted octanol–water partition coefficient (Wildman–Crippen LogP) is 2.62. The van der Waals surface area contributed by atoms with E-state index in [1.54, 1.807) is 19.2 Å². The third-order valence-electron chi connectivity index (χ3n) is 2.93. The highest BCUT2D eigenvalue weighted by Gasteiger charge is 2.17. The van der Waals surface area contributed by atoms with Crippen molar-refractivity contribution in [2.45, 2.75) is 20.3 Å². The third-order valence-corrected chi connectivity index (χ3v) is 2.93. The van der Waals surface area contributed by atoms with Crippen LogP contribution in [0.15, 0.2) is 18.2 Å². The lowest BCUT2D eigenvalue weighted by molar-refractivity contribution is 0.157. The predicted molar refractivity (Wildman–Crippen MR) is 74.3 cm³/mol. The number of benzene rings is 1. The lowest BCUT2D eigenvalue weighted by atomic mass is 9.89. The Bertz CT molecular complexity index is 435. The molecule has 4 nitrogen and oxygen atoms in total. The van der Waals surface area contributed by atoms with E-state index >= 15 is 0 Å². The Morgan fingerprint density at radius 2 is 2.17 bits per heavy atom. The fourth-order valence-electron chi connectivity index (χ4n) is 1.57. The summed E-state index contributed by atoms with van der Waals surface area (Å²) in [7, 11) is 1.71. The molecule has 1 rings (SSSR count). The first-order chi connectivity index (χ1) is 8.48. The molecular formula is C14H21N3O. The van der Waals surface area contributed by atoms with Gasteiger partial charge in [0.15, 0.2) is 0 Å². The number of hydrogen-bond acceptors (Lipinski definition) is 4. The quantitative estimate of drug-likeness (QED) is 0.758. The number of rotatable bonds is 6. The van der Waals surface area contributed by atoms with Gasteiger partial charge < -0.3 is 15.8 Å². The van der Waals surface area contributed by atoms with Gasteiger partial charge in [0.25, 0.3) is 0 Å². The van der Waals surface area contributed by atoms with Crippen molar-refractivity contribution in [1.82, 2.24) is 0 Å². The van der Waals surface area contributed by atoms with E-state index in [-0.39, 0.29) is 5.41 Å². The van der Waals surface area contributed by atoms with E-state index in [1.165, 1.54) is 0 Å². The minimum absolute atomic E-state index is 0.143. The lowest BCUT2D eigenvalue weighted by Gasteiger charge is -2.25. The van der Waals surface area contributed by atoms with Crippen LogP contribution in [-0.2, 0) is 4.74 Å². The van der Waals surface area contributed by atoms with Crippen LogP contribution in [0.3, 0.4) is 0 Å². The summed E-state index contributed by atoms with van der Waals surface area (Å²) in [6.45, 7) is 5.94. The molecule has 0 fully saturated rings. The molecule has 0 atom stereocenters. The van der Waals surface area contributed by atoms with Crippen LogP contribution < -0.4 is 11.1 Å². The second-order valence-electron chi connectivity index (χ2n) is 5.17. The molecule has 0 amide bonds. The Morgan fingerprint density at radius 3 is 2.78 bits per heavy atom. The van der Waals surface area contributed by atoms with Gasteiger partial charge >= 0.3 is 0 Å². The molecule has 1 aromatic rings. The second-order valence-corrected chi connectivity index (χ2v) is 5.17. The molecule has 1 aromatic carbocycles. The molecule has 0 bridgehead atoms. The first kappa shape index (κ1) is 14.3. The van der Waals surface area contributed by atoms with Crippen molar-refractivity contribution in [3.05, 3.63) is 23.8 Å². The zero-order valence-electron chi connectivity index (χ0n) is 11.3. The molecule has 0 saturated carbocycles. The second kappa shape index (κ2) is 6.27. The monoisotopic (exact) mass is 247 g/mol. The number of hydrogen-bond donors (Lipinski definition) is 2. The Morgan fingerprint density at radius 1 is 1.44 bits per heavy atom. The minimum atomic E-state index is 0.143. The average molecular weight is 247 g/mol. The van der Waals surface area contributed by atoms with Gasteiger partial charge in [0.05, 0.1) is 5.56 Å². The summed E-state index contributed by atoms with van der Waals surface area (Å²) in [4.78, 5) is 0. The summed E-state index contributed by atoms with van der Waals surface area (Å²) in [5.41, 5.74) is 7.77. The van der Waals surface area contributed by atoms with Crippen molar-refractivity contribution in [2.24, 2.45) is 5.41 Å². The van der Waals surface area contributed by atoms with E-state index in [9.17, 15) is 0 Å². The highest BCUT2D eigenvalue weighted by Crippen LogP contribution is 2.23. The number of anilines is 2. The van der Waals surface area contributed by atoms with E-state index in [2.05, 4.69) is 25.2 Å². The largest absolute Gasteiger partial charge is 0.398 e. The summed E-state index contributed by atoms with van der Waals surface area (Å²) in [6.07, 6.45) is 0.983. The van der Waals surface area contributed by atoms with Crippen molar-refractivity contribution in [3.8, 4) is 6.07 Å². The molecule has 0 heterocycles. The fourth-order valence-corrected chi connectivity index (χ4v) is 1.57. The number of nitrogen functional groups attached to an aromatic ring is 1. The van der Waals surface area contributed by atoms with E-state index in [1.807, 2.05) is 6.07 Å². The normalized spacial score (nSPS) is 11.0. The first-order valence-corrected chi connectivity index (χ1v) is 6.01. The maximum absolute atomic E-state index is 8.91. The molecule has 98 valence electrons. The Labute approximate surface area is 109 Å². The lowest BCUT2D eigenvalue weighted by Crippen LogP contribution is -2.24. The number of nitrogens with two attached hydrogens (primary N) is 1. The molecule has 0 aliphatic carbocycles. The smallest absolute Gasteiger partial charge is 0.101 e. The highest BCUT2D eigenvalue weighted by molar-refractivity contribution is 5.61. The molecule has 3 N–H and O–H groups in total. The molecule has 0 aromatic heterocycles. The summed E-state index contributed by atoms with van der Waals surface area (Å²) >= 11 is 0. The summed E-state index contributed by atoms with van der Waals surface area (Å²) < 4.78 is 5.09. The van der Waals surface area contributed by atoms with Gasteiger partial charge in [0.1, 0.15) is 6.07 Å². The zero-order valence-corrected chi connectivity index (χ0v) is 11.3. The number of methoxy groups -OCH3 is 1. The maximum atomic E-state index is 8.91. The molecule has 0 unspecified atom stereocenters. The average Bonchev–Trinajstić information content (AvgIpc) is 2.35. The van der Waals surface area contributed by atoms with Crippen LogP contribution in [0.5, 0.6) is 0 Å². The molecule has 4 heteroatoms. The SMILES string of the molecule is COCCC(C)(C)CNc1ccc(N)c(C#N)c1. The standard InChI is InChI=1S/C14H21N3O/c1-14(2,6-7-18-3)10-17-12-4-5-13(16)11(8-12)9-15/h4-5,8,17H,6-7,10,16H2,1-3H3. The minimum Gasteiger partial charge on any atom is -0.398 e. The van der Waals surface area contributed by atoms with Gasteiger partial charge in [-0.05, 0) is 30.0 Å². The van der Waals surface area contributed by atoms with E-state index in [0.717, 1.165) is 25.3 Å². The van der Waals surface area contributed by atoms with Gasteiger partial charge in [0.2, 0.25) is 0 Å². The van der Waals surface area contributed by atoms with Crippen LogP contribution >= 0.6 is 0 Å². The summed E-state index contributed by atoms with van der Waals surface area (Å²) in [5, 5.41) is 12.2. The van der Waals surface area contributed by atoms with Crippen LogP contribution in [0.25, 0.3) is 0 Å². The van der Waals surface area contributed by atoms with Crippen molar-refractivity contribution in [2.75, 3.05) is 31.3 Å². The van der Waals surface area contributed by atoms with Crippen LogP contribution in [0.4, 0.5) is 11.4 Å². The molecule has 0 saturated heterocycles. The molecule has 0 radical (unpaired) electrons. The summed E-state index contributed by atoms with van der Waals surface area (Å²) in [6, 6.07) is 7.51.